The summed E-state index contributed by atoms with van der Waals surface area (Å²) in [7, 11) is -0.540. The highest BCUT2D eigenvalue weighted by Crippen LogP contribution is 2.37. The molecule has 0 unspecified atom stereocenters. The van der Waals surface area contributed by atoms with Crippen LogP contribution in [0.15, 0.2) is 57.9 Å². The van der Waals surface area contributed by atoms with Crippen molar-refractivity contribution < 1.29 is 23.2 Å². The number of nitrogens with zero attached hydrogens (tertiary/aromatic N) is 3. The molecule has 0 aliphatic rings. The molecule has 10 nitrogen and oxygen atoms in total. The van der Waals surface area contributed by atoms with Crippen LogP contribution in [0.3, 0.4) is 0 Å². The van der Waals surface area contributed by atoms with Gasteiger partial charge in [-0.3, -0.25) is 19.1 Å². The van der Waals surface area contributed by atoms with Gasteiger partial charge in [-0.2, -0.15) is 5.10 Å². The monoisotopic (exact) mass is 676 g/mol. The summed E-state index contributed by atoms with van der Waals surface area (Å²) in [5.74, 6) is 0.0413. The van der Waals surface area contributed by atoms with Crippen LogP contribution in [0.25, 0.3) is 33.2 Å². The largest absolute Gasteiger partial charge is 0.483 e. The second kappa shape index (κ2) is 13.2. The Morgan fingerprint density at radius 2 is 1.87 bits per heavy atom. The van der Waals surface area contributed by atoms with Gasteiger partial charge >= 0.3 is 0 Å². The number of pyridine rings is 1. The summed E-state index contributed by atoms with van der Waals surface area (Å²) >= 11 is 6.07. The smallest absolute Gasteiger partial charge is 0.297 e. The van der Waals surface area contributed by atoms with Gasteiger partial charge in [0.2, 0.25) is 0 Å². The van der Waals surface area contributed by atoms with Crippen LogP contribution in [-0.2, 0) is 15.8 Å². The van der Waals surface area contributed by atoms with Gasteiger partial charge in [-0.05, 0) is 86.9 Å². The maximum Gasteiger partial charge on any atom is 0.297 e. The fraction of sp³-hybridized carbons (Fsp3) is 0.371. The average Bonchev–Trinajstić information content (AvgIpc) is 3.41. The van der Waals surface area contributed by atoms with E-state index in [9.17, 15) is 9.59 Å². The molecule has 1 N–H and O–H groups in total. The predicted molar refractivity (Wildman–Crippen MR) is 187 cm³/mol. The molecule has 3 aromatic heterocycles. The van der Waals surface area contributed by atoms with Crippen molar-refractivity contribution in [1.29, 1.82) is 0 Å². The Kier molecular flexibility index (Phi) is 9.66. The van der Waals surface area contributed by atoms with E-state index < -0.39 is 20.3 Å². The molecular formula is C35H41ClN4O6Si. The number of aryl methyl sites for hydroxylation is 1. The molecule has 47 heavy (non-hydrogen) atoms. The van der Waals surface area contributed by atoms with Crippen molar-refractivity contribution in [2.24, 2.45) is 0 Å². The maximum atomic E-state index is 13.8. The first-order chi connectivity index (χ1) is 22.1. The number of halogens is 1. The Balaban J connectivity index is 1.50. The molecule has 0 saturated carbocycles. The number of benzene rings is 2. The second-order valence-corrected chi connectivity index (χ2v) is 18.5. The van der Waals surface area contributed by atoms with Crippen LogP contribution in [0.4, 0.5) is 0 Å². The third-order valence-corrected chi connectivity index (χ3v) is 13.5. The van der Waals surface area contributed by atoms with E-state index in [0.29, 0.717) is 41.0 Å². The Hall–Kier alpha value is -4.03. The molecule has 2 aromatic carbocycles. The molecule has 0 spiro atoms. The zero-order chi connectivity index (χ0) is 34.3. The summed E-state index contributed by atoms with van der Waals surface area (Å²) in [6.45, 7) is 17.9. The molecule has 5 rings (SSSR count). The van der Waals surface area contributed by atoms with Crippen molar-refractivity contribution in [2.75, 3.05) is 13.7 Å². The SMILES string of the molecule is CONC(=O)c1nc(Cl)ccc1O[C@H](C)c1cc(C)cc2c(=O)c(C)c(-c3ccc4nn(CCO[Si](C)(C)C(C)(C)C)cc4c3)oc12. The number of hydrogen-bond acceptors (Lipinski definition) is 8. The van der Waals surface area contributed by atoms with E-state index in [0.717, 1.165) is 22.0 Å². The first kappa shape index (κ1) is 34.3. The van der Waals surface area contributed by atoms with E-state index in [-0.39, 0.29) is 27.1 Å². The summed E-state index contributed by atoms with van der Waals surface area (Å²) in [6.07, 6.45) is 1.35. The van der Waals surface area contributed by atoms with Crippen LogP contribution < -0.4 is 15.6 Å². The van der Waals surface area contributed by atoms with Gasteiger partial charge in [-0.25, -0.2) is 10.5 Å². The summed E-state index contributed by atoms with van der Waals surface area (Å²) in [5.41, 5.74) is 6.07. The zero-order valence-electron chi connectivity index (χ0n) is 28.3. The predicted octanol–water partition coefficient (Wildman–Crippen LogP) is 7.93. The minimum atomic E-state index is -1.86. The van der Waals surface area contributed by atoms with E-state index in [4.69, 9.17) is 35.1 Å². The first-order valence-corrected chi connectivity index (χ1v) is 18.7. The van der Waals surface area contributed by atoms with Crippen LogP contribution >= 0.6 is 11.6 Å². The maximum absolute atomic E-state index is 13.8. The summed E-state index contributed by atoms with van der Waals surface area (Å²) in [4.78, 5) is 35.3. The van der Waals surface area contributed by atoms with Crippen LogP contribution in [0, 0.1) is 13.8 Å². The van der Waals surface area contributed by atoms with Gasteiger partial charge in [0.1, 0.15) is 22.6 Å². The Bertz CT molecular complexity index is 2030. The van der Waals surface area contributed by atoms with Crippen molar-refractivity contribution >= 4 is 47.7 Å². The quantitative estimate of drug-likeness (QED) is 0.0900. The van der Waals surface area contributed by atoms with E-state index in [1.807, 2.05) is 55.1 Å². The first-order valence-electron chi connectivity index (χ1n) is 15.5. The summed E-state index contributed by atoms with van der Waals surface area (Å²) in [6, 6.07) is 12.6. The highest BCUT2D eigenvalue weighted by Gasteiger charge is 2.37. The molecule has 248 valence electrons. The Morgan fingerprint density at radius 1 is 1.13 bits per heavy atom. The highest BCUT2D eigenvalue weighted by atomic mass is 35.5. The van der Waals surface area contributed by atoms with Crippen LogP contribution in [0.2, 0.25) is 23.3 Å². The number of ether oxygens (including phenoxy) is 1. The number of carbonyl (C=O) groups excluding carboxylic acids is 1. The molecule has 0 saturated heterocycles. The number of nitrogens with one attached hydrogen (secondary N) is 1. The Labute approximate surface area is 280 Å². The molecule has 1 atom stereocenters. The minimum absolute atomic E-state index is 0.0402. The zero-order valence-corrected chi connectivity index (χ0v) is 30.0. The van der Waals surface area contributed by atoms with E-state index in [1.165, 1.54) is 13.2 Å². The molecule has 0 aliphatic heterocycles. The Morgan fingerprint density at radius 3 is 2.57 bits per heavy atom. The van der Waals surface area contributed by atoms with Crippen LogP contribution in [-0.4, -0.2) is 42.7 Å². The molecule has 1 amide bonds. The third-order valence-electron chi connectivity index (χ3n) is 8.77. The lowest BCUT2D eigenvalue weighted by Crippen LogP contribution is -2.41. The van der Waals surface area contributed by atoms with Crippen molar-refractivity contribution in [3.05, 3.63) is 86.4 Å². The molecule has 12 heteroatoms. The highest BCUT2D eigenvalue weighted by molar-refractivity contribution is 6.74. The number of fused-ring (bicyclic) bond motifs is 2. The van der Waals surface area contributed by atoms with Gasteiger partial charge in [0.05, 0.1) is 31.2 Å². The normalized spacial score (nSPS) is 12.9. The number of aromatic nitrogens is 3. The molecule has 0 bridgehead atoms. The fourth-order valence-electron chi connectivity index (χ4n) is 5.16. The fourth-order valence-corrected chi connectivity index (χ4v) is 6.35. The van der Waals surface area contributed by atoms with Crippen LogP contribution in [0.1, 0.15) is 61.0 Å². The lowest BCUT2D eigenvalue weighted by molar-refractivity contribution is 0.0526. The molecule has 0 fully saturated rings. The van der Waals surface area contributed by atoms with Crippen molar-refractivity contribution in [3.8, 4) is 17.1 Å². The number of carbonyl (C=O) groups is 1. The molecule has 5 aromatic rings. The van der Waals surface area contributed by atoms with Crippen molar-refractivity contribution in [2.45, 2.75) is 72.3 Å². The lowest BCUT2D eigenvalue weighted by atomic mass is 9.99. The number of rotatable bonds is 10. The minimum Gasteiger partial charge on any atom is -0.483 e. The van der Waals surface area contributed by atoms with Gasteiger partial charge in [0.25, 0.3) is 5.91 Å². The molecule has 3 heterocycles. The van der Waals surface area contributed by atoms with E-state index in [1.54, 1.807) is 13.0 Å². The topological polar surface area (TPSA) is 118 Å². The average molecular weight is 677 g/mol. The van der Waals surface area contributed by atoms with Crippen molar-refractivity contribution in [3.63, 3.8) is 0 Å². The van der Waals surface area contributed by atoms with Gasteiger partial charge < -0.3 is 13.6 Å². The van der Waals surface area contributed by atoms with E-state index >= 15 is 0 Å². The second-order valence-electron chi connectivity index (χ2n) is 13.3. The standard InChI is InChI=1S/C35H41ClN4O6Si/c1-20-16-25(22(3)45-28-12-13-29(36)37-30(28)34(42)39-43-7)33-26(17-20)31(41)21(2)32(46-33)23-10-11-27-24(18-23)19-40(38-27)14-15-44-47(8,9)35(4,5)6/h10-13,16-19,22H,14-15H2,1-9H3,(H,39,42)/t22-/m1/s1. The lowest BCUT2D eigenvalue weighted by Gasteiger charge is -2.36. The van der Waals surface area contributed by atoms with Crippen molar-refractivity contribution in [1.82, 2.24) is 20.2 Å². The van der Waals surface area contributed by atoms with Gasteiger partial charge in [0, 0.05) is 28.3 Å². The molecule has 0 aliphatic carbocycles. The van der Waals surface area contributed by atoms with E-state index in [2.05, 4.69) is 44.3 Å². The van der Waals surface area contributed by atoms with Gasteiger partial charge in [-0.1, -0.05) is 32.4 Å². The van der Waals surface area contributed by atoms with Gasteiger partial charge in [0.15, 0.2) is 25.2 Å². The van der Waals surface area contributed by atoms with Crippen LogP contribution in [0.5, 0.6) is 5.75 Å². The molecule has 0 radical (unpaired) electrons. The summed E-state index contributed by atoms with van der Waals surface area (Å²) < 4.78 is 21.1. The number of amides is 1. The third kappa shape index (κ3) is 7.13. The molecular weight excluding hydrogens is 636 g/mol. The summed E-state index contributed by atoms with van der Waals surface area (Å²) in [5, 5.41) is 6.37. The number of hydroxylamine groups is 1. The van der Waals surface area contributed by atoms with Gasteiger partial charge in [-0.15, -0.1) is 0 Å². The number of hydrogen-bond donors (Lipinski definition) is 1.